The van der Waals surface area contributed by atoms with Crippen molar-refractivity contribution in [3.05, 3.63) is 59.4 Å². The van der Waals surface area contributed by atoms with Gasteiger partial charge in [-0.25, -0.2) is 0 Å². The number of carbonyl (C=O) groups excluding carboxylic acids is 1. The zero-order valence-electron chi connectivity index (χ0n) is 24.8. The minimum Gasteiger partial charge on any atom is -0.481 e. The molecule has 0 bridgehead atoms. The second kappa shape index (κ2) is 14.7. The summed E-state index contributed by atoms with van der Waals surface area (Å²) in [4.78, 5) is 27.2. The Morgan fingerprint density at radius 2 is 1.80 bits per heavy atom. The molecule has 1 aromatic heterocycles. The average Bonchev–Trinajstić information content (AvgIpc) is 3.28. The normalized spacial score (nSPS) is 12.8. The molecule has 1 heterocycles. The third-order valence-corrected chi connectivity index (χ3v) is 7.60. The number of ether oxygens (including phenoxy) is 1. The van der Waals surface area contributed by atoms with Crippen molar-refractivity contribution < 1.29 is 23.8 Å². The fourth-order valence-corrected chi connectivity index (χ4v) is 4.94. The number of amides is 1. The van der Waals surface area contributed by atoms with Gasteiger partial charge in [-0.2, -0.15) is 0 Å². The number of methoxy groups -OCH3 is 1. The molecule has 3 rings (SSSR count). The summed E-state index contributed by atoms with van der Waals surface area (Å²) in [6.45, 7) is 8.24. The van der Waals surface area contributed by atoms with Gasteiger partial charge in [0.25, 0.3) is 5.91 Å². The van der Waals surface area contributed by atoms with E-state index in [0.29, 0.717) is 18.1 Å². The lowest BCUT2D eigenvalue weighted by molar-refractivity contribution is -0.137. The lowest BCUT2D eigenvalue weighted by atomic mass is 9.91. The molecule has 8 nitrogen and oxygen atoms in total. The number of anilines is 2. The predicted octanol–water partition coefficient (Wildman–Crippen LogP) is 6.74. The molecule has 3 aromatic rings. The van der Waals surface area contributed by atoms with Crippen LogP contribution in [0.25, 0.3) is 11.0 Å². The Labute approximate surface area is 238 Å². The maximum Gasteiger partial charge on any atom is 0.305 e. The Hall–Kier alpha value is -3.52. The summed E-state index contributed by atoms with van der Waals surface area (Å²) in [5, 5.41) is 13.7. The molecular formula is C32H45N3O5. The third-order valence-electron chi connectivity index (χ3n) is 7.60. The molecule has 40 heavy (non-hydrogen) atoms. The van der Waals surface area contributed by atoms with Crippen molar-refractivity contribution in [2.24, 2.45) is 5.92 Å². The van der Waals surface area contributed by atoms with Crippen LogP contribution in [0.15, 0.2) is 46.9 Å². The van der Waals surface area contributed by atoms with Crippen LogP contribution in [0.2, 0.25) is 0 Å². The first-order chi connectivity index (χ1) is 19.2. The molecule has 8 heteroatoms. The minimum absolute atomic E-state index is 0.0429. The lowest BCUT2D eigenvalue weighted by Crippen LogP contribution is -2.29. The largest absolute Gasteiger partial charge is 0.481 e. The van der Waals surface area contributed by atoms with Crippen LogP contribution in [0.3, 0.4) is 0 Å². The van der Waals surface area contributed by atoms with Crippen molar-refractivity contribution >= 4 is 34.2 Å². The molecule has 0 saturated heterocycles. The smallest absolute Gasteiger partial charge is 0.305 e. The number of likely N-dealkylation sites (N-methyl/N-ethyl adjacent to an activating group) is 1. The number of furan rings is 1. The van der Waals surface area contributed by atoms with E-state index >= 15 is 0 Å². The number of carboxylic acids is 1. The van der Waals surface area contributed by atoms with Crippen LogP contribution >= 0.6 is 0 Å². The van der Waals surface area contributed by atoms with Crippen LogP contribution in [0.4, 0.5) is 11.4 Å². The van der Waals surface area contributed by atoms with Gasteiger partial charge in [-0.15, -0.1) is 0 Å². The van der Waals surface area contributed by atoms with Gasteiger partial charge in [0.05, 0.1) is 19.1 Å². The van der Waals surface area contributed by atoms with E-state index in [1.54, 1.807) is 26.3 Å². The number of carbonyl (C=O) groups is 2. The molecule has 2 atom stereocenters. The van der Waals surface area contributed by atoms with E-state index in [4.69, 9.17) is 14.3 Å². The first-order valence-electron chi connectivity index (χ1n) is 14.2. The first kappa shape index (κ1) is 31.0. The van der Waals surface area contributed by atoms with Crippen LogP contribution in [-0.4, -0.2) is 62.8 Å². The Balaban J connectivity index is 1.87. The average molecular weight is 552 g/mol. The van der Waals surface area contributed by atoms with Gasteiger partial charge in [-0.1, -0.05) is 33.1 Å². The molecule has 0 fully saturated rings. The zero-order chi connectivity index (χ0) is 29.2. The molecule has 2 unspecified atom stereocenters. The molecule has 0 radical (unpaired) electrons. The van der Waals surface area contributed by atoms with Gasteiger partial charge in [0, 0.05) is 62.2 Å². The van der Waals surface area contributed by atoms with Crippen molar-refractivity contribution in [2.75, 3.05) is 51.1 Å². The molecule has 1 amide bonds. The summed E-state index contributed by atoms with van der Waals surface area (Å²) >= 11 is 0. The van der Waals surface area contributed by atoms with Gasteiger partial charge in [-0.05, 0) is 61.7 Å². The standard InChI is InChI=1S/C32H45N3O5/c1-7-8-9-10-22(2)30(33-25-13-11-24(12-14-25)32(38)35(5)18-17-29(36)37)31-23(3)27-21-26(15-16-28(27)40-31)34(4)19-20-39-6/h11-16,21-22,30,33H,7-10,17-20H2,1-6H3,(H,36,37). The van der Waals surface area contributed by atoms with Gasteiger partial charge >= 0.3 is 5.97 Å². The second-order valence-corrected chi connectivity index (χ2v) is 10.7. The summed E-state index contributed by atoms with van der Waals surface area (Å²) in [7, 11) is 5.40. The highest BCUT2D eigenvalue weighted by Crippen LogP contribution is 2.38. The van der Waals surface area contributed by atoms with Gasteiger partial charge in [0.1, 0.15) is 11.3 Å². The molecule has 0 aliphatic rings. The minimum atomic E-state index is -0.923. The van der Waals surface area contributed by atoms with Gasteiger partial charge in [-0.3, -0.25) is 9.59 Å². The summed E-state index contributed by atoms with van der Waals surface area (Å²) in [6, 6.07) is 13.7. The quantitative estimate of drug-likeness (QED) is 0.190. The number of fused-ring (bicyclic) bond motifs is 1. The van der Waals surface area contributed by atoms with E-state index in [0.717, 1.165) is 53.1 Å². The third kappa shape index (κ3) is 8.01. The van der Waals surface area contributed by atoms with E-state index < -0.39 is 5.97 Å². The number of nitrogens with zero attached hydrogens (tertiary/aromatic N) is 2. The van der Waals surface area contributed by atoms with Crippen molar-refractivity contribution in [3.8, 4) is 0 Å². The fourth-order valence-electron chi connectivity index (χ4n) is 4.94. The molecule has 218 valence electrons. The highest BCUT2D eigenvalue weighted by atomic mass is 16.5. The maximum absolute atomic E-state index is 12.7. The van der Waals surface area contributed by atoms with Gasteiger partial charge in [0.2, 0.25) is 0 Å². The number of benzene rings is 2. The molecule has 0 aliphatic carbocycles. The Morgan fingerprint density at radius 1 is 1.07 bits per heavy atom. The summed E-state index contributed by atoms with van der Waals surface area (Å²) < 4.78 is 11.7. The summed E-state index contributed by atoms with van der Waals surface area (Å²) in [6.07, 6.45) is 4.50. The number of aliphatic carboxylic acids is 1. The molecule has 0 spiro atoms. The van der Waals surface area contributed by atoms with E-state index in [1.165, 1.54) is 17.7 Å². The van der Waals surface area contributed by atoms with Crippen LogP contribution in [0, 0.1) is 12.8 Å². The molecule has 2 aromatic carbocycles. The highest BCUT2D eigenvalue weighted by molar-refractivity contribution is 5.94. The van der Waals surface area contributed by atoms with Gasteiger partial charge < -0.3 is 29.4 Å². The monoisotopic (exact) mass is 551 g/mol. The number of unbranched alkanes of at least 4 members (excludes halogenated alkanes) is 2. The van der Waals surface area contributed by atoms with Crippen LogP contribution in [0.1, 0.15) is 73.7 Å². The van der Waals surface area contributed by atoms with Crippen molar-refractivity contribution in [1.82, 2.24) is 4.90 Å². The Bertz CT molecular complexity index is 1250. The zero-order valence-corrected chi connectivity index (χ0v) is 24.8. The van der Waals surface area contributed by atoms with Crippen molar-refractivity contribution in [3.63, 3.8) is 0 Å². The number of hydrogen-bond acceptors (Lipinski definition) is 6. The molecular weight excluding hydrogens is 506 g/mol. The van der Waals surface area contributed by atoms with Crippen LogP contribution in [0.5, 0.6) is 0 Å². The van der Waals surface area contributed by atoms with E-state index in [-0.39, 0.29) is 24.9 Å². The first-order valence-corrected chi connectivity index (χ1v) is 14.2. The van der Waals surface area contributed by atoms with E-state index in [9.17, 15) is 9.59 Å². The summed E-state index contributed by atoms with van der Waals surface area (Å²) in [5.41, 5.74) is 4.54. The molecule has 2 N–H and O–H groups in total. The number of nitrogens with one attached hydrogen (secondary N) is 1. The van der Waals surface area contributed by atoms with Gasteiger partial charge in [0.15, 0.2) is 0 Å². The Kier molecular flexibility index (Phi) is 11.4. The van der Waals surface area contributed by atoms with Crippen molar-refractivity contribution in [1.29, 1.82) is 0 Å². The maximum atomic E-state index is 12.7. The van der Waals surface area contributed by atoms with E-state index in [1.807, 2.05) is 18.2 Å². The van der Waals surface area contributed by atoms with E-state index in [2.05, 4.69) is 50.2 Å². The SMILES string of the molecule is CCCCCC(C)C(Nc1ccc(C(=O)N(C)CCC(=O)O)cc1)c1oc2ccc(N(C)CCOC)cc2c1C. The lowest BCUT2D eigenvalue weighted by Gasteiger charge is -2.25. The number of rotatable bonds is 16. The number of carboxylic acid groups (broad SMARTS) is 1. The van der Waals surface area contributed by atoms with Crippen LogP contribution in [-0.2, 0) is 9.53 Å². The Morgan fingerprint density at radius 3 is 2.45 bits per heavy atom. The number of hydrogen-bond donors (Lipinski definition) is 2. The fraction of sp³-hybridized carbons (Fsp3) is 0.500. The molecule has 0 saturated carbocycles. The topological polar surface area (TPSA) is 95.2 Å². The number of aryl methyl sites for hydroxylation is 1. The highest BCUT2D eigenvalue weighted by Gasteiger charge is 2.26. The second-order valence-electron chi connectivity index (χ2n) is 10.7. The summed E-state index contributed by atoms with van der Waals surface area (Å²) in [5.74, 6) is 0.132. The predicted molar refractivity (Wildman–Crippen MR) is 161 cm³/mol. The van der Waals surface area contributed by atoms with Crippen LogP contribution < -0.4 is 10.2 Å². The van der Waals surface area contributed by atoms with Crippen molar-refractivity contribution in [2.45, 2.75) is 58.9 Å². The molecule has 0 aliphatic heterocycles.